The number of nitrogens with two attached hydrogens (primary N) is 4. The van der Waals surface area contributed by atoms with Crippen LogP contribution < -0.4 is 22.9 Å². The molecule has 0 spiro atoms. The van der Waals surface area contributed by atoms with Gasteiger partial charge in [-0.05, 0) is 36.3 Å². The SMILES string of the molecule is NC(=O)CN1CCN(CC(N)=O)CCN(CC(N)=O)C(Cc2ccc(N=C=S)cc2)CN(CC(N)=O)CC1. The number of primary amides is 4. The van der Waals surface area contributed by atoms with Gasteiger partial charge in [-0.15, -0.1) is 0 Å². The first-order chi connectivity index (χ1) is 18.0. The van der Waals surface area contributed by atoms with Gasteiger partial charge in [-0.3, -0.25) is 38.8 Å². The van der Waals surface area contributed by atoms with E-state index in [4.69, 9.17) is 22.9 Å². The van der Waals surface area contributed by atoms with Crippen molar-refractivity contribution in [3.63, 3.8) is 0 Å². The van der Waals surface area contributed by atoms with E-state index in [9.17, 15) is 19.2 Å². The molecule has 8 N–H and O–H groups in total. The fraction of sp³-hybridized carbons (Fsp3) is 0.542. The molecule has 38 heavy (non-hydrogen) atoms. The molecule has 208 valence electrons. The smallest absolute Gasteiger partial charge is 0.231 e. The number of isothiocyanates is 1. The minimum Gasteiger partial charge on any atom is -0.369 e. The molecule has 0 bridgehead atoms. The lowest BCUT2D eigenvalue weighted by molar-refractivity contribution is -0.122. The summed E-state index contributed by atoms with van der Waals surface area (Å²) in [5, 5.41) is 2.34. The minimum atomic E-state index is -0.497. The van der Waals surface area contributed by atoms with Gasteiger partial charge >= 0.3 is 0 Å². The maximum atomic E-state index is 12.0. The van der Waals surface area contributed by atoms with Crippen LogP contribution >= 0.6 is 12.2 Å². The van der Waals surface area contributed by atoms with Crippen LogP contribution in [0.5, 0.6) is 0 Å². The zero-order chi connectivity index (χ0) is 28.1. The van der Waals surface area contributed by atoms with Crippen molar-refractivity contribution in [1.29, 1.82) is 0 Å². The number of benzene rings is 1. The number of hydrogen-bond donors (Lipinski definition) is 4. The summed E-state index contributed by atoms with van der Waals surface area (Å²) in [6, 6.07) is 7.23. The van der Waals surface area contributed by atoms with Crippen molar-refractivity contribution in [3.05, 3.63) is 29.8 Å². The Bertz CT molecular complexity index is 1020. The van der Waals surface area contributed by atoms with E-state index in [-0.39, 0.29) is 32.2 Å². The Hall–Kier alpha value is -3.26. The van der Waals surface area contributed by atoms with Crippen molar-refractivity contribution in [2.45, 2.75) is 12.5 Å². The Kier molecular flexibility index (Phi) is 12.9. The van der Waals surface area contributed by atoms with E-state index in [1.54, 1.807) is 0 Å². The second-order valence-electron chi connectivity index (χ2n) is 9.35. The Morgan fingerprint density at radius 1 is 0.737 bits per heavy atom. The predicted molar refractivity (Wildman–Crippen MR) is 146 cm³/mol. The van der Waals surface area contributed by atoms with Crippen LogP contribution in [0.2, 0.25) is 0 Å². The fourth-order valence-corrected chi connectivity index (χ4v) is 4.61. The van der Waals surface area contributed by atoms with Crippen LogP contribution in [0.4, 0.5) is 5.69 Å². The summed E-state index contributed by atoms with van der Waals surface area (Å²) < 4.78 is 0. The monoisotopic (exact) mass is 547 g/mol. The second-order valence-corrected chi connectivity index (χ2v) is 9.53. The summed E-state index contributed by atoms with van der Waals surface area (Å²) in [4.78, 5) is 58.9. The highest BCUT2D eigenvalue weighted by Crippen LogP contribution is 2.17. The molecule has 1 saturated heterocycles. The predicted octanol–water partition coefficient (Wildman–Crippen LogP) is -2.51. The number of aliphatic imine (C=N–C) groups is 1. The number of amides is 4. The Balaban J connectivity index is 2.41. The van der Waals surface area contributed by atoms with Gasteiger partial charge in [0, 0.05) is 51.9 Å². The van der Waals surface area contributed by atoms with Crippen molar-refractivity contribution in [1.82, 2.24) is 19.6 Å². The molecule has 0 aromatic heterocycles. The van der Waals surface area contributed by atoms with Gasteiger partial charge in [0.1, 0.15) is 0 Å². The molecule has 13 nitrogen and oxygen atoms in total. The molecule has 1 heterocycles. The molecule has 1 atom stereocenters. The molecule has 1 aromatic carbocycles. The molecule has 0 saturated carbocycles. The van der Waals surface area contributed by atoms with E-state index < -0.39 is 23.6 Å². The van der Waals surface area contributed by atoms with Gasteiger partial charge < -0.3 is 22.9 Å². The first-order valence-corrected chi connectivity index (χ1v) is 12.7. The third-order valence-corrected chi connectivity index (χ3v) is 6.32. The van der Waals surface area contributed by atoms with Crippen LogP contribution in [-0.2, 0) is 25.6 Å². The topological polar surface area (TPSA) is 198 Å². The van der Waals surface area contributed by atoms with Crippen LogP contribution in [0, 0.1) is 0 Å². The number of carbonyl (C=O) groups is 4. The van der Waals surface area contributed by atoms with Crippen LogP contribution in [-0.4, -0.2) is 126 Å². The van der Waals surface area contributed by atoms with Crippen LogP contribution in [0.25, 0.3) is 0 Å². The van der Waals surface area contributed by atoms with Crippen LogP contribution in [0.15, 0.2) is 29.3 Å². The molecular weight excluding hydrogens is 510 g/mol. The third-order valence-electron chi connectivity index (χ3n) is 6.23. The number of thiocarbonyl (C=S) groups is 1. The third kappa shape index (κ3) is 11.9. The molecule has 1 aliphatic rings. The van der Waals surface area contributed by atoms with E-state index >= 15 is 0 Å². The fourth-order valence-electron chi connectivity index (χ4n) is 4.50. The van der Waals surface area contributed by atoms with E-state index in [0.717, 1.165) is 5.56 Å². The van der Waals surface area contributed by atoms with Gasteiger partial charge in [0.05, 0.1) is 37.0 Å². The maximum Gasteiger partial charge on any atom is 0.231 e. The van der Waals surface area contributed by atoms with Gasteiger partial charge in [-0.1, -0.05) is 12.1 Å². The summed E-state index contributed by atoms with van der Waals surface area (Å²) in [6.45, 7) is 3.04. The molecule has 0 radical (unpaired) electrons. The minimum absolute atomic E-state index is 0.00143. The Morgan fingerprint density at radius 3 is 1.66 bits per heavy atom. The highest BCUT2D eigenvalue weighted by atomic mass is 32.1. The number of carbonyl (C=O) groups excluding carboxylic acids is 4. The van der Waals surface area contributed by atoms with E-state index in [1.165, 1.54) is 0 Å². The zero-order valence-corrected chi connectivity index (χ0v) is 22.3. The highest BCUT2D eigenvalue weighted by molar-refractivity contribution is 7.78. The van der Waals surface area contributed by atoms with Crippen molar-refractivity contribution in [2.24, 2.45) is 27.9 Å². The lowest BCUT2D eigenvalue weighted by atomic mass is 10.0. The molecular formula is C24H37N9O4S. The summed E-state index contributed by atoms with van der Waals surface area (Å²) >= 11 is 4.67. The number of nitrogens with zero attached hydrogens (tertiary/aromatic N) is 5. The zero-order valence-electron chi connectivity index (χ0n) is 21.5. The summed E-state index contributed by atoms with van der Waals surface area (Å²) in [7, 11) is 0. The van der Waals surface area contributed by atoms with E-state index in [0.29, 0.717) is 57.9 Å². The van der Waals surface area contributed by atoms with Gasteiger partial charge in [0.25, 0.3) is 0 Å². The van der Waals surface area contributed by atoms with Gasteiger partial charge in [-0.2, -0.15) is 4.99 Å². The molecule has 1 fully saturated rings. The quantitative estimate of drug-likeness (QED) is 0.171. The summed E-state index contributed by atoms with van der Waals surface area (Å²) in [5.74, 6) is -1.95. The maximum absolute atomic E-state index is 12.0. The number of rotatable bonds is 11. The first kappa shape index (κ1) is 31.0. The highest BCUT2D eigenvalue weighted by Gasteiger charge is 2.26. The second kappa shape index (κ2) is 15.9. The van der Waals surface area contributed by atoms with Crippen LogP contribution in [0.1, 0.15) is 5.56 Å². The summed E-state index contributed by atoms with van der Waals surface area (Å²) in [6.07, 6.45) is 0.533. The van der Waals surface area contributed by atoms with Gasteiger partial charge in [0.2, 0.25) is 23.6 Å². The Labute approximate surface area is 227 Å². The average Bonchev–Trinajstić information content (AvgIpc) is 2.82. The molecule has 4 amide bonds. The largest absolute Gasteiger partial charge is 0.369 e. The van der Waals surface area contributed by atoms with Crippen LogP contribution in [0.3, 0.4) is 0 Å². The molecule has 1 aromatic rings. The molecule has 0 aliphatic carbocycles. The lowest BCUT2D eigenvalue weighted by Gasteiger charge is -2.38. The number of hydrogen-bond acceptors (Lipinski definition) is 10. The lowest BCUT2D eigenvalue weighted by Crippen LogP contribution is -2.54. The standard InChI is InChI=1S/C24H37N9O4S/c25-21(34)13-30-5-6-31(14-22(26)35)9-10-33(16-24(28)37)20(12-32(8-7-30)15-23(27)36)11-18-1-3-19(4-2-18)29-17-38/h1-4,20H,5-16H2,(H2,25,34)(H2,26,35)(H2,27,36)(H2,28,37). The molecule has 14 heteroatoms. The first-order valence-electron chi connectivity index (χ1n) is 12.3. The molecule has 1 aliphatic heterocycles. The average molecular weight is 548 g/mol. The molecule has 1 unspecified atom stereocenters. The Morgan fingerprint density at radius 2 is 1.18 bits per heavy atom. The van der Waals surface area contributed by atoms with Crippen molar-refractivity contribution in [3.8, 4) is 0 Å². The summed E-state index contributed by atoms with van der Waals surface area (Å²) in [5.41, 5.74) is 23.7. The van der Waals surface area contributed by atoms with Crippen molar-refractivity contribution < 1.29 is 19.2 Å². The van der Waals surface area contributed by atoms with Gasteiger partial charge in [0.15, 0.2) is 0 Å². The van der Waals surface area contributed by atoms with Crippen molar-refractivity contribution in [2.75, 3.05) is 72.0 Å². The normalized spacial score (nSPS) is 19.0. The van der Waals surface area contributed by atoms with Crippen molar-refractivity contribution >= 4 is 46.7 Å². The van der Waals surface area contributed by atoms with Gasteiger partial charge in [-0.25, -0.2) is 0 Å². The van der Waals surface area contributed by atoms with E-state index in [1.807, 2.05) is 43.9 Å². The van der Waals surface area contributed by atoms with E-state index in [2.05, 4.69) is 22.4 Å². The molecule has 2 rings (SSSR count).